The van der Waals surface area contributed by atoms with E-state index < -0.39 is 11.5 Å². The van der Waals surface area contributed by atoms with Crippen molar-refractivity contribution in [2.24, 2.45) is 0 Å². The molecule has 8 heteroatoms. The first-order valence-corrected chi connectivity index (χ1v) is 10.1. The lowest BCUT2D eigenvalue weighted by atomic mass is 10.1. The highest BCUT2D eigenvalue weighted by molar-refractivity contribution is 6.24. The smallest absolute Gasteiger partial charge is 0.306 e. The number of carbonyl (C=O) groups is 3. The van der Waals surface area contributed by atoms with E-state index >= 15 is 0 Å². The molecule has 2 heterocycles. The number of amides is 2. The van der Waals surface area contributed by atoms with Gasteiger partial charge < -0.3 is 20.5 Å². The van der Waals surface area contributed by atoms with E-state index in [9.17, 15) is 14.4 Å². The van der Waals surface area contributed by atoms with E-state index in [1.54, 1.807) is 12.1 Å². The molecule has 158 valence electrons. The molecule has 1 aromatic carbocycles. The molecule has 2 aliphatic heterocycles. The Kier molecular flexibility index (Phi) is 6.12. The largest absolute Gasteiger partial charge is 0.487 e. The van der Waals surface area contributed by atoms with E-state index in [2.05, 4.69) is 5.32 Å². The summed E-state index contributed by atoms with van der Waals surface area (Å²) in [5.74, 6) is -0.615. The average Bonchev–Trinajstić information content (AvgIpc) is 3.21. The highest BCUT2D eigenvalue weighted by Gasteiger charge is 2.38. The van der Waals surface area contributed by atoms with Crippen LogP contribution in [0.15, 0.2) is 12.1 Å². The molecule has 29 heavy (non-hydrogen) atoms. The molecule has 1 fully saturated rings. The zero-order valence-electron chi connectivity index (χ0n) is 17.2. The van der Waals surface area contributed by atoms with Gasteiger partial charge in [-0.25, -0.2) is 0 Å². The van der Waals surface area contributed by atoms with Gasteiger partial charge in [0.25, 0.3) is 11.8 Å². The first kappa shape index (κ1) is 21.1. The minimum atomic E-state index is -0.522. The lowest BCUT2D eigenvalue weighted by molar-refractivity contribution is -0.154. The zero-order chi connectivity index (χ0) is 21.2. The fourth-order valence-corrected chi connectivity index (χ4v) is 3.53. The molecule has 0 unspecified atom stereocenters. The van der Waals surface area contributed by atoms with Gasteiger partial charge in [-0.15, -0.1) is 0 Å². The van der Waals surface area contributed by atoms with Crippen LogP contribution in [0.4, 0.5) is 5.69 Å². The van der Waals surface area contributed by atoms with E-state index in [4.69, 9.17) is 15.2 Å². The van der Waals surface area contributed by atoms with Crippen LogP contribution in [0.1, 0.15) is 67.2 Å². The van der Waals surface area contributed by atoms with Crippen molar-refractivity contribution in [3.63, 3.8) is 0 Å². The lowest BCUT2D eigenvalue weighted by Gasteiger charge is -2.19. The fourth-order valence-electron chi connectivity index (χ4n) is 3.53. The summed E-state index contributed by atoms with van der Waals surface area (Å²) < 4.78 is 11.2. The van der Waals surface area contributed by atoms with Gasteiger partial charge in [0.05, 0.1) is 16.8 Å². The van der Waals surface area contributed by atoms with Crippen molar-refractivity contribution in [2.75, 3.05) is 25.4 Å². The van der Waals surface area contributed by atoms with Crippen LogP contribution in [-0.2, 0) is 9.53 Å². The van der Waals surface area contributed by atoms with Gasteiger partial charge in [-0.1, -0.05) is 0 Å². The maximum Gasteiger partial charge on any atom is 0.306 e. The molecule has 0 bridgehead atoms. The van der Waals surface area contributed by atoms with E-state index in [1.165, 1.54) is 4.90 Å². The molecule has 3 N–H and O–H groups in total. The number of benzene rings is 1. The van der Waals surface area contributed by atoms with E-state index in [1.807, 2.05) is 20.8 Å². The number of rotatable bonds is 7. The Morgan fingerprint density at radius 2 is 2.00 bits per heavy atom. The van der Waals surface area contributed by atoms with Crippen molar-refractivity contribution in [1.82, 2.24) is 10.2 Å². The summed E-state index contributed by atoms with van der Waals surface area (Å²) in [5.41, 5.74) is 6.38. The Balaban J connectivity index is 1.59. The van der Waals surface area contributed by atoms with Gasteiger partial charge >= 0.3 is 5.97 Å². The molecule has 0 aromatic heterocycles. The van der Waals surface area contributed by atoms with E-state index in [0.29, 0.717) is 24.2 Å². The van der Waals surface area contributed by atoms with Gasteiger partial charge in [-0.05, 0) is 58.7 Å². The van der Waals surface area contributed by atoms with Crippen LogP contribution >= 0.6 is 0 Å². The highest BCUT2D eigenvalue weighted by Crippen LogP contribution is 2.35. The number of nitrogen functional groups attached to an aromatic ring is 1. The summed E-state index contributed by atoms with van der Waals surface area (Å²) in [7, 11) is 0. The third-order valence-electron chi connectivity index (χ3n) is 4.88. The summed E-state index contributed by atoms with van der Waals surface area (Å²) in [5, 5.41) is 3.21. The van der Waals surface area contributed by atoms with Crippen molar-refractivity contribution < 1.29 is 23.9 Å². The Morgan fingerprint density at radius 3 is 2.66 bits per heavy atom. The summed E-state index contributed by atoms with van der Waals surface area (Å²) >= 11 is 0. The summed E-state index contributed by atoms with van der Waals surface area (Å²) in [6.45, 7) is 7.29. The number of carbonyl (C=O) groups excluding carboxylic acids is 3. The lowest BCUT2D eigenvalue weighted by Crippen LogP contribution is -2.31. The van der Waals surface area contributed by atoms with Crippen LogP contribution in [0.3, 0.4) is 0 Å². The van der Waals surface area contributed by atoms with Crippen molar-refractivity contribution in [3.05, 3.63) is 23.3 Å². The topological polar surface area (TPSA) is 111 Å². The zero-order valence-corrected chi connectivity index (χ0v) is 17.2. The molecule has 1 aromatic rings. The number of esters is 1. The van der Waals surface area contributed by atoms with Gasteiger partial charge in [0.15, 0.2) is 0 Å². The molecular weight excluding hydrogens is 374 g/mol. The third-order valence-corrected chi connectivity index (χ3v) is 4.88. The summed E-state index contributed by atoms with van der Waals surface area (Å²) in [6, 6.07) is 3.26. The molecule has 1 atom stereocenters. The molecular formula is C21H29N3O5. The van der Waals surface area contributed by atoms with Gasteiger partial charge in [0.1, 0.15) is 17.5 Å². The number of fused-ring (bicyclic) bond motifs is 1. The Labute approximate surface area is 170 Å². The predicted octanol–water partition coefficient (Wildman–Crippen LogP) is 2.12. The number of nitrogens with two attached hydrogens (primary N) is 1. The van der Waals surface area contributed by atoms with E-state index in [0.717, 1.165) is 19.5 Å². The fraction of sp³-hybridized carbons (Fsp3) is 0.571. The number of unbranched alkanes of at least 4 members (excludes halogenated alkanes) is 1. The second-order valence-electron chi connectivity index (χ2n) is 8.44. The molecule has 0 saturated carbocycles. The summed E-state index contributed by atoms with van der Waals surface area (Å²) in [4.78, 5) is 38.4. The molecule has 8 nitrogen and oxygen atoms in total. The van der Waals surface area contributed by atoms with Crippen LogP contribution < -0.4 is 15.8 Å². The van der Waals surface area contributed by atoms with E-state index in [-0.39, 0.29) is 42.2 Å². The minimum Gasteiger partial charge on any atom is -0.487 e. The first-order chi connectivity index (χ1) is 13.7. The molecule has 2 amide bonds. The van der Waals surface area contributed by atoms with Crippen molar-refractivity contribution >= 4 is 23.5 Å². The van der Waals surface area contributed by atoms with Crippen molar-refractivity contribution in [3.8, 4) is 5.75 Å². The van der Waals surface area contributed by atoms with Crippen LogP contribution in [-0.4, -0.2) is 54.0 Å². The molecule has 1 saturated heterocycles. The SMILES string of the molecule is CC(C)(C)OC(=O)CCCCN1C(=O)c2ccc(O[C@H]3CCNC3)c(N)c2C1=O. The first-order valence-electron chi connectivity index (χ1n) is 10.1. The number of anilines is 1. The number of ether oxygens (including phenoxy) is 2. The Morgan fingerprint density at radius 1 is 1.24 bits per heavy atom. The van der Waals surface area contributed by atoms with Crippen LogP contribution in [0.25, 0.3) is 0 Å². The maximum absolute atomic E-state index is 12.8. The van der Waals surface area contributed by atoms with Crippen LogP contribution in [0.2, 0.25) is 0 Å². The Bertz CT molecular complexity index is 809. The standard InChI is InChI=1S/C21H29N3O5/c1-21(2,3)29-16(25)6-4-5-11-24-19(26)14-7-8-15(18(22)17(14)20(24)27)28-13-9-10-23-12-13/h7-8,13,23H,4-6,9-12,22H2,1-3H3/t13-/m0/s1. The molecule has 0 radical (unpaired) electrons. The second-order valence-corrected chi connectivity index (χ2v) is 8.44. The highest BCUT2D eigenvalue weighted by atomic mass is 16.6. The normalized spacial score (nSPS) is 18.9. The molecule has 3 rings (SSSR count). The number of nitrogens with zero attached hydrogens (tertiary/aromatic N) is 1. The number of nitrogens with one attached hydrogen (secondary N) is 1. The molecule has 2 aliphatic rings. The predicted molar refractivity (Wildman–Crippen MR) is 108 cm³/mol. The second kappa shape index (κ2) is 8.41. The minimum absolute atomic E-state index is 0.00603. The third kappa shape index (κ3) is 4.87. The van der Waals surface area contributed by atoms with Crippen LogP contribution in [0, 0.1) is 0 Å². The van der Waals surface area contributed by atoms with Gasteiger partial charge in [0.2, 0.25) is 0 Å². The average molecular weight is 403 g/mol. The van der Waals surface area contributed by atoms with Crippen molar-refractivity contribution in [1.29, 1.82) is 0 Å². The maximum atomic E-state index is 12.8. The Hall–Kier alpha value is -2.61. The molecule has 0 spiro atoms. The monoisotopic (exact) mass is 403 g/mol. The summed E-state index contributed by atoms with van der Waals surface area (Å²) in [6.07, 6.45) is 2.16. The quantitative estimate of drug-likeness (QED) is 0.310. The number of hydrogen-bond donors (Lipinski definition) is 2. The van der Waals surface area contributed by atoms with Crippen molar-refractivity contribution in [2.45, 2.75) is 58.2 Å². The molecule has 0 aliphatic carbocycles. The van der Waals surface area contributed by atoms with Gasteiger partial charge in [-0.3, -0.25) is 19.3 Å². The van der Waals surface area contributed by atoms with Crippen LogP contribution in [0.5, 0.6) is 5.75 Å². The number of imide groups is 1. The number of hydrogen-bond acceptors (Lipinski definition) is 7. The van der Waals surface area contributed by atoms with Gasteiger partial charge in [-0.2, -0.15) is 0 Å². The van der Waals surface area contributed by atoms with Gasteiger partial charge in [0, 0.05) is 19.5 Å².